The average Bonchev–Trinajstić information content (AvgIpc) is 3.13. The number of hydrogen-bond acceptors (Lipinski definition) is 7. The lowest BCUT2D eigenvalue weighted by molar-refractivity contribution is 0.101. The molecule has 0 spiro atoms. The zero-order chi connectivity index (χ0) is 17.3. The minimum Gasteiger partial charge on any atom is -0.382 e. The molecule has 0 bridgehead atoms. The molecular formula is C17H15N3O2S2. The Morgan fingerprint density at radius 2 is 1.83 bits per heavy atom. The SMILES string of the molecule is CC(=O)c1ccc(Nc2nc(N)c(C(=O)c3sccc3C)s2)cc1. The van der Waals surface area contributed by atoms with Crippen LogP contribution in [0.15, 0.2) is 35.7 Å². The number of anilines is 3. The first kappa shape index (κ1) is 16.4. The van der Waals surface area contributed by atoms with Crippen molar-refractivity contribution in [2.45, 2.75) is 13.8 Å². The maximum absolute atomic E-state index is 12.6. The second kappa shape index (κ2) is 6.54. The van der Waals surface area contributed by atoms with Crippen molar-refractivity contribution in [3.8, 4) is 0 Å². The van der Waals surface area contributed by atoms with Crippen molar-refractivity contribution < 1.29 is 9.59 Å². The van der Waals surface area contributed by atoms with E-state index in [0.717, 1.165) is 11.3 Å². The molecule has 2 heterocycles. The third-order valence-electron chi connectivity index (χ3n) is 3.47. The maximum atomic E-state index is 12.6. The van der Waals surface area contributed by atoms with Crippen molar-refractivity contribution in [3.05, 3.63) is 56.6 Å². The molecule has 0 radical (unpaired) electrons. The van der Waals surface area contributed by atoms with Gasteiger partial charge in [0, 0.05) is 11.3 Å². The monoisotopic (exact) mass is 357 g/mol. The summed E-state index contributed by atoms with van der Waals surface area (Å²) in [5, 5.41) is 5.54. The minimum absolute atomic E-state index is 0.0132. The number of aryl methyl sites for hydroxylation is 1. The number of Topliss-reactive ketones (excluding diaryl/α,β-unsaturated/α-hetero) is 1. The number of benzene rings is 1. The van der Waals surface area contributed by atoms with E-state index in [-0.39, 0.29) is 17.4 Å². The number of ketones is 2. The van der Waals surface area contributed by atoms with Gasteiger partial charge in [0.2, 0.25) is 5.78 Å². The van der Waals surface area contributed by atoms with E-state index < -0.39 is 0 Å². The third kappa shape index (κ3) is 3.22. The molecule has 0 saturated heterocycles. The molecule has 0 unspecified atom stereocenters. The van der Waals surface area contributed by atoms with Crippen LogP contribution in [-0.4, -0.2) is 16.6 Å². The van der Waals surface area contributed by atoms with Crippen LogP contribution < -0.4 is 11.1 Å². The zero-order valence-electron chi connectivity index (χ0n) is 13.1. The number of nitrogen functional groups attached to an aromatic ring is 1. The first-order valence-electron chi connectivity index (χ1n) is 7.19. The van der Waals surface area contributed by atoms with Crippen LogP contribution in [-0.2, 0) is 0 Å². The van der Waals surface area contributed by atoms with Crippen molar-refractivity contribution in [2.75, 3.05) is 11.1 Å². The molecule has 0 aliphatic rings. The minimum atomic E-state index is -0.0996. The van der Waals surface area contributed by atoms with E-state index in [1.54, 1.807) is 24.3 Å². The van der Waals surface area contributed by atoms with Crippen LogP contribution in [0.5, 0.6) is 0 Å². The molecule has 24 heavy (non-hydrogen) atoms. The Labute approximate surface area is 147 Å². The summed E-state index contributed by atoms with van der Waals surface area (Å²) in [7, 11) is 0. The van der Waals surface area contributed by atoms with Gasteiger partial charge in [-0.1, -0.05) is 11.3 Å². The van der Waals surface area contributed by atoms with Crippen LogP contribution in [0, 0.1) is 6.92 Å². The van der Waals surface area contributed by atoms with E-state index in [1.165, 1.54) is 29.6 Å². The second-order valence-electron chi connectivity index (χ2n) is 5.25. The first-order valence-corrected chi connectivity index (χ1v) is 8.88. The maximum Gasteiger partial charge on any atom is 0.217 e. The Bertz CT molecular complexity index is 910. The number of carbonyl (C=O) groups is 2. The van der Waals surface area contributed by atoms with Crippen molar-refractivity contribution >= 4 is 50.9 Å². The second-order valence-corrected chi connectivity index (χ2v) is 7.17. The van der Waals surface area contributed by atoms with E-state index in [9.17, 15) is 9.59 Å². The highest BCUT2D eigenvalue weighted by molar-refractivity contribution is 7.19. The fourth-order valence-corrected chi connectivity index (χ4v) is 3.96. The molecule has 2 aromatic heterocycles. The van der Waals surface area contributed by atoms with Gasteiger partial charge in [-0.25, -0.2) is 4.98 Å². The molecule has 7 heteroatoms. The number of nitrogens with two attached hydrogens (primary N) is 1. The summed E-state index contributed by atoms with van der Waals surface area (Å²) in [4.78, 5) is 29.2. The molecular weight excluding hydrogens is 342 g/mol. The Morgan fingerprint density at radius 1 is 1.12 bits per heavy atom. The van der Waals surface area contributed by atoms with Gasteiger partial charge >= 0.3 is 0 Å². The van der Waals surface area contributed by atoms with Crippen LogP contribution >= 0.6 is 22.7 Å². The number of hydrogen-bond donors (Lipinski definition) is 2. The van der Waals surface area contributed by atoms with E-state index in [2.05, 4.69) is 10.3 Å². The molecule has 3 N–H and O–H groups in total. The highest BCUT2D eigenvalue weighted by Gasteiger charge is 2.20. The summed E-state index contributed by atoms with van der Waals surface area (Å²) in [5.74, 6) is 0.136. The zero-order valence-corrected chi connectivity index (χ0v) is 14.8. The van der Waals surface area contributed by atoms with Crippen molar-refractivity contribution in [1.29, 1.82) is 0 Å². The number of nitrogens with zero attached hydrogens (tertiary/aromatic N) is 1. The van der Waals surface area contributed by atoms with Crippen molar-refractivity contribution in [1.82, 2.24) is 4.98 Å². The lowest BCUT2D eigenvalue weighted by atomic mass is 10.1. The molecule has 5 nitrogen and oxygen atoms in total. The predicted molar refractivity (Wildman–Crippen MR) is 98.7 cm³/mol. The highest BCUT2D eigenvalue weighted by atomic mass is 32.1. The molecule has 0 atom stereocenters. The Balaban J connectivity index is 1.82. The smallest absolute Gasteiger partial charge is 0.217 e. The lowest BCUT2D eigenvalue weighted by Gasteiger charge is -2.02. The Morgan fingerprint density at radius 3 is 2.42 bits per heavy atom. The number of carbonyl (C=O) groups excluding carboxylic acids is 2. The predicted octanol–water partition coefficient (Wildman–Crippen LogP) is 4.27. The van der Waals surface area contributed by atoms with E-state index in [4.69, 9.17) is 5.73 Å². The molecule has 0 saturated carbocycles. The highest BCUT2D eigenvalue weighted by Crippen LogP contribution is 2.31. The molecule has 0 aliphatic heterocycles. The third-order valence-corrected chi connectivity index (χ3v) is 5.47. The normalized spacial score (nSPS) is 10.6. The summed E-state index contributed by atoms with van der Waals surface area (Å²) >= 11 is 2.62. The summed E-state index contributed by atoms with van der Waals surface area (Å²) < 4.78 is 0. The lowest BCUT2D eigenvalue weighted by Crippen LogP contribution is -2.01. The number of thiophene rings is 1. The van der Waals surface area contributed by atoms with Gasteiger partial charge < -0.3 is 11.1 Å². The van der Waals surface area contributed by atoms with E-state index >= 15 is 0 Å². The van der Waals surface area contributed by atoms with Crippen LogP contribution in [0.25, 0.3) is 0 Å². The van der Waals surface area contributed by atoms with Crippen LogP contribution in [0.3, 0.4) is 0 Å². The average molecular weight is 357 g/mol. The van der Waals surface area contributed by atoms with Crippen LogP contribution in [0.4, 0.5) is 16.6 Å². The van der Waals surface area contributed by atoms with Crippen molar-refractivity contribution in [2.24, 2.45) is 0 Å². The first-order chi connectivity index (χ1) is 11.5. The summed E-state index contributed by atoms with van der Waals surface area (Å²) in [5.41, 5.74) is 8.27. The molecule has 0 fully saturated rings. The fraction of sp³-hybridized carbons (Fsp3) is 0.118. The van der Waals surface area contributed by atoms with Gasteiger partial charge in [-0.15, -0.1) is 11.3 Å². The molecule has 1 aromatic carbocycles. The number of aromatic nitrogens is 1. The fourth-order valence-electron chi connectivity index (χ4n) is 2.17. The van der Waals surface area contributed by atoms with Gasteiger partial charge in [0.1, 0.15) is 10.7 Å². The van der Waals surface area contributed by atoms with Crippen LogP contribution in [0.1, 0.15) is 37.4 Å². The standard InChI is InChI=1S/C17H15N3O2S2/c1-9-7-8-23-14(9)13(22)15-16(18)20-17(24-15)19-12-5-3-11(4-6-12)10(2)21/h3-8H,18H2,1-2H3,(H,19,20). The van der Waals surface area contributed by atoms with Gasteiger partial charge in [-0.2, -0.15) is 0 Å². The number of nitrogens with one attached hydrogen (secondary N) is 1. The van der Waals surface area contributed by atoms with Gasteiger partial charge in [0.25, 0.3) is 0 Å². The van der Waals surface area contributed by atoms with Crippen molar-refractivity contribution in [3.63, 3.8) is 0 Å². The van der Waals surface area contributed by atoms with Gasteiger partial charge in [-0.3, -0.25) is 9.59 Å². The molecule has 0 aliphatic carbocycles. The number of rotatable bonds is 5. The quantitative estimate of drug-likeness (QED) is 0.666. The summed E-state index contributed by atoms with van der Waals surface area (Å²) in [6, 6.07) is 8.97. The topological polar surface area (TPSA) is 85.1 Å². The summed E-state index contributed by atoms with van der Waals surface area (Å²) in [6.07, 6.45) is 0. The number of thiazole rings is 1. The molecule has 122 valence electrons. The Hall–Kier alpha value is -2.51. The molecule has 3 aromatic rings. The van der Waals surface area contributed by atoms with Gasteiger partial charge in [-0.05, 0) is 55.1 Å². The van der Waals surface area contributed by atoms with Gasteiger partial charge in [0.05, 0.1) is 4.88 Å². The molecule has 3 rings (SSSR count). The summed E-state index contributed by atoms with van der Waals surface area (Å²) in [6.45, 7) is 3.42. The van der Waals surface area contributed by atoms with E-state index in [1.807, 2.05) is 18.4 Å². The van der Waals surface area contributed by atoms with E-state index in [0.29, 0.717) is 20.4 Å². The van der Waals surface area contributed by atoms with Gasteiger partial charge in [0.15, 0.2) is 10.9 Å². The Kier molecular flexibility index (Phi) is 4.46. The molecule has 0 amide bonds. The largest absolute Gasteiger partial charge is 0.382 e. The van der Waals surface area contributed by atoms with Crippen LogP contribution in [0.2, 0.25) is 0 Å².